The van der Waals surface area contributed by atoms with E-state index in [-0.39, 0.29) is 29.4 Å². The Labute approximate surface area is 208 Å². The summed E-state index contributed by atoms with van der Waals surface area (Å²) in [6.45, 7) is 8.65. The molecule has 2 unspecified atom stereocenters. The normalized spacial score (nSPS) is 17.9. The van der Waals surface area contributed by atoms with Gasteiger partial charge in [-0.2, -0.15) is 0 Å². The molecular weight excluding hydrogens is 476 g/mol. The molecule has 2 atom stereocenters. The lowest BCUT2D eigenvalue weighted by atomic mass is 9.75. The number of benzene rings is 1. The Bertz CT molecular complexity index is 1060. The number of carbonyl (C=O) groups excluding carboxylic acids is 3. The molecule has 1 aliphatic heterocycles. The van der Waals surface area contributed by atoms with E-state index in [1.54, 1.807) is 40.7 Å². The molecular formula is C24H30N2O8S. The van der Waals surface area contributed by atoms with E-state index in [1.165, 1.54) is 37.1 Å². The summed E-state index contributed by atoms with van der Waals surface area (Å²) in [6.07, 6.45) is 0. The second-order valence-corrected chi connectivity index (χ2v) is 9.73. The van der Waals surface area contributed by atoms with Crippen LogP contribution in [0.2, 0.25) is 0 Å². The van der Waals surface area contributed by atoms with Crippen LogP contribution < -0.4 is 0 Å². The number of nitrogens with zero attached hydrogens (tertiary/aromatic N) is 2. The fourth-order valence-electron chi connectivity index (χ4n) is 3.72. The van der Waals surface area contributed by atoms with E-state index in [9.17, 15) is 24.5 Å². The zero-order valence-electron chi connectivity index (χ0n) is 20.7. The standard InChI is InChI=1S/C24H30N2O8S/c1-7-33-23(29)21-17(12-35-13-18(27)34-24(3,4)5)25-14(2)19(22(28)32-6)20(21)15-9-8-10-16(11-15)26(30)31/h8-11,19-20H,7,12-13H2,1-6H3. The van der Waals surface area contributed by atoms with Gasteiger partial charge in [0, 0.05) is 29.5 Å². The van der Waals surface area contributed by atoms with Crippen molar-refractivity contribution in [1.82, 2.24) is 0 Å². The third-order valence-corrected chi connectivity index (χ3v) is 5.90. The largest absolute Gasteiger partial charge is 0.468 e. The van der Waals surface area contributed by atoms with Crippen molar-refractivity contribution in [1.29, 1.82) is 0 Å². The van der Waals surface area contributed by atoms with Gasteiger partial charge < -0.3 is 14.2 Å². The molecule has 1 aromatic carbocycles. The summed E-state index contributed by atoms with van der Waals surface area (Å²) in [4.78, 5) is 53.4. The van der Waals surface area contributed by atoms with Gasteiger partial charge in [0.15, 0.2) is 0 Å². The van der Waals surface area contributed by atoms with Gasteiger partial charge in [-0.05, 0) is 40.2 Å². The average Bonchev–Trinajstić information content (AvgIpc) is 2.77. The minimum atomic E-state index is -0.985. The van der Waals surface area contributed by atoms with E-state index in [4.69, 9.17) is 14.2 Å². The van der Waals surface area contributed by atoms with Gasteiger partial charge in [-0.3, -0.25) is 24.7 Å². The van der Waals surface area contributed by atoms with Gasteiger partial charge in [-0.15, -0.1) is 11.8 Å². The van der Waals surface area contributed by atoms with E-state index in [0.29, 0.717) is 17.0 Å². The smallest absolute Gasteiger partial charge is 0.336 e. The molecule has 0 aromatic heterocycles. The highest BCUT2D eigenvalue weighted by Gasteiger charge is 2.43. The SMILES string of the molecule is CCOC(=O)C1=C(CSCC(=O)OC(C)(C)C)N=C(C)C(C(=O)OC)C1c1cccc([N+](=O)[O-])c1. The van der Waals surface area contributed by atoms with Crippen LogP contribution in [0.15, 0.2) is 40.5 Å². The minimum absolute atomic E-state index is 0.0212. The van der Waals surface area contributed by atoms with Gasteiger partial charge in [0.2, 0.25) is 0 Å². The molecule has 1 aliphatic rings. The Kier molecular flexibility index (Phi) is 9.58. The number of nitro groups is 1. The number of carbonyl (C=O) groups is 3. The highest BCUT2D eigenvalue weighted by Crippen LogP contribution is 2.41. The van der Waals surface area contributed by atoms with Crippen molar-refractivity contribution in [3.05, 3.63) is 51.2 Å². The van der Waals surface area contributed by atoms with Gasteiger partial charge in [0.05, 0.1) is 35.7 Å². The predicted octanol–water partition coefficient (Wildman–Crippen LogP) is 3.83. The van der Waals surface area contributed by atoms with Crippen LogP contribution in [0.1, 0.15) is 46.1 Å². The Hall–Kier alpha value is -3.21. The molecule has 0 aliphatic carbocycles. The van der Waals surface area contributed by atoms with Crippen molar-refractivity contribution in [2.24, 2.45) is 10.9 Å². The van der Waals surface area contributed by atoms with E-state index >= 15 is 0 Å². The minimum Gasteiger partial charge on any atom is -0.468 e. The molecule has 0 N–H and O–H groups in total. The maximum Gasteiger partial charge on any atom is 0.336 e. The molecule has 0 amide bonds. The monoisotopic (exact) mass is 506 g/mol. The summed E-state index contributed by atoms with van der Waals surface area (Å²) in [5.41, 5.74) is 0.371. The number of non-ortho nitro benzene ring substituents is 1. The van der Waals surface area contributed by atoms with Gasteiger partial charge in [0.1, 0.15) is 11.5 Å². The van der Waals surface area contributed by atoms with Crippen molar-refractivity contribution in [2.45, 2.75) is 46.1 Å². The van der Waals surface area contributed by atoms with Gasteiger partial charge in [-0.25, -0.2) is 4.79 Å². The second kappa shape index (κ2) is 12.0. The van der Waals surface area contributed by atoms with Crippen LogP contribution in [0.3, 0.4) is 0 Å². The summed E-state index contributed by atoms with van der Waals surface area (Å²) < 4.78 is 15.6. The Morgan fingerprint density at radius 1 is 1.23 bits per heavy atom. The lowest BCUT2D eigenvalue weighted by molar-refractivity contribution is -0.384. The number of hydrogen-bond donors (Lipinski definition) is 0. The lowest BCUT2D eigenvalue weighted by Crippen LogP contribution is -2.36. The summed E-state index contributed by atoms with van der Waals surface area (Å²) in [5, 5.41) is 11.4. The van der Waals surface area contributed by atoms with Crippen molar-refractivity contribution in [3.63, 3.8) is 0 Å². The van der Waals surface area contributed by atoms with Gasteiger partial charge in [0.25, 0.3) is 5.69 Å². The summed E-state index contributed by atoms with van der Waals surface area (Å²) in [7, 11) is 1.22. The quantitative estimate of drug-likeness (QED) is 0.212. The molecule has 10 nitrogen and oxygen atoms in total. The van der Waals surface area contributed by atoms with Crippen LogP contribution in [0.5, 0.6) is 0 Å². The van der Waals surface area contributed by atoms with E-state index in [1.807, 2.05) is 0 Å². The lowest BCUT2D eigenvalue weighted by Gasteiger charge is -2.31. The number of esters is 3. The molecule has 2 rings (SSSR count). The first kappa shape index (κ1) is 28.0. The highest BCUT2D eigenvalue weighted by atomic mass is 32.2. The highest BCUT2D eigenvalue weighted by molar-refractivity contribution is 8.00. The Balaban J connectivity index is 2.56. The molecule has 1 aromatic rings. The molecule has 190 valence electrons. The number of aliphatic imine (C=N–C) groups is 1. The van der Waals surface area contributed by atoms with E-state index in [2.05, 4.69) is 4.99 Å². The van der Waals surface area contributed by atoms with E-state index < -0.39 is 40.3 Å². The van der Waals surface area contributed by atoms with Crippen LogP contribution in [0, 0.1) is 16.0 Å². The second-order valence-electron chi connectivity index (χ2n) is 8.74. The number of nitro benzene ring substituents is 1. The Morgan fingerprint density at radius 3 is 2.49 bits per heavy atom. The van der Waals surface area contributed by atoms with Crippen LogP contribution in [-0.2, 0) is 28.6 Å². The van der Waals surface area contributed by atoms with Crippen molar-refractivity contribution >= 4 is 41.1 Å². The maximum atomic E-state index is 13.1. The zero-order valence-corrected chi connectivity index (χ0v) is 21.5. The predicted molar refractivity (Wildman–Crippen MR) is 131 cm³/mol. The molecule has 11 heteroatoms. The number of methoxy groups -OCH3 is 1. The molecule has 0 saturated heterocycles. The molecule has 0 saturated carbocycles. The third kappa shape index (κ3) is 7.38. The number of thioether (sulfide) groups is 1. The van der Waals surface area contributed by atoms with Crippen molar-refractivity contribution < 1.29 is 33.5 Å². The van der Waals surface area contributed by atoms with Gasteiger partial charge in [-0.1, -0.05) is 12.1 Å². The number of ether oxygens (including phenoxy) is 3. The fourth-order valence-corrected chi connectivity index (χ4v) is 4.46. The number of hydrogen-bond acceptors (Lipinski definition) is 10. The third-order valence-electron chi connectivity index (χ3n) is 4.99. The summed E-state index contributed by atoms with van der Waals surface area (Å²) >= 11 is 1.20. The molecule has 0 fully saturated rings. The van der Waals surface area contributed by atoms with Crippen LogP contribution in [0.4, 0.5) is 5.69 Å². The molecule has 35 heavy (non-hydrogen) atoms. The molecule has 1 heterocycles. The maximum absolute atomic E-state index is 13.1. The first-order valence-corrected chi connectivity index (χ1v) is 12.1. The average molecular weight is 507 g/mol. The molecule has 0 spiro atoms. The Morgan fingerprint density at radius 2 is 1.91 bits per heavy atom. The first-order chi connectivity index (χ1) is 16.4. The zero-order chi connectivity index (χ0) is 26.3. The van der Waals surface area contributed by atoms with Crippen LogP contribution in [0.25, 0.3) is 0 Å². The number of rotatable bonds is 9. The first-order valence-electron chi connectivity index (χ1n) is 11.0. The molecule has 0 bridgehead atoms. The van der Waals surface area contributed by atoms with Crippen LogP contribution in [-0.4, -0.2) is 59.4 Å². The molecule has 0 radical (unpaired) electrons. The van der Waals surface area contributed by atoms with E-state index in [0.717, 1.165) is 0 Å². The fraction of sp³-hybridized carbons (Fsp3) is 0.500. The van der Waals surface area contributed by atoms with Crippen molar-refractivity contribution in [3.8, 4) is 0 Å². The topological polar surface area (TPSA) is 134 Å². The van der Waals surface area contributed by atoms with Crippen molar-refractivity contribution in [2.75, 3.05) is 25.2 Å². The van der Waals surface area contributed by atoms with Gasteiger partial charge >= 0.3 is 17.9 Å². The van der Waals surface area contributed by atoms with Crippen LogP contribution >= 0.6 is 11.8 Å². The summed E-state index contributed by atoms with van der Waals surface area (Å²) in [5.74, 6) is -3.47. The summed E-state index contributed by atoms with van der Waals surface area (Å²) in [6, 6.07) is 5.75.